The molecule has 2 N–H and O–H groups in total. The lowest BCUT2D eigenvalue weighted by molar-refractivity contribution is 0.0950. The summed E-state index contributed by atoms with van der Waals surface area (Å²) in [5.74, 6) is 0.318. The number of ether oxygens (including phenoxy) is 1. The quantitative estimate of drug-likeness (QED) is 0.502. The molecule has 178 valence electrons. The van der Waals surface area contributed by atoms with Gasteiger partial charge in [-0.2, -0.15) is 0 Å². The van der Waals surface area contributed by atoms with Crippen LogP contribution in [-0.4, -0.2) is 34.5 Å². The highest BCUT2D eigenvalue weighted by molar-refractivity contribution is 7.92. The third-order valence-electron chi connectivity index (χ3n) is 5.98. The Balaban J connectivity index is 1.50. The van der Waals surface area contributed by atoms with E-state index in [0.717, 1.165) is 24.3 Å². The highest BCUT2D eigenvalue weighted by atomic mass is 32.2. The monoisotopic (exact) mass is 479 g/mol. The number of carbonyl (C=O) groups is 1. The molecule has 4 rings (SSSR count). The molecule has 1 fully saturated rings. The molecule has 3 aromatic rings. The number of nitrogens with zero attached hydrogens (tertiary/aromatic N) is 1. The molecule has 0 saturated carbocycles. The van der Waals surface area contributed by atoms with Crippen LogP contribution >= 0.6 is 0 Å². The van der Waals surface area contributed by atoms with Crippen LogP contribution in [-0.2, 0) is 16.6 Å². The van der Waals surface area contributed by atoms with E-state index in [4.69, 9.17) is 4.74 Å². The number of benzene rings is 3. The molecule has 1 saturated heterocycles. The first-order valence-electron chi connectivity index (χ1n) is 11.3. The van der Waals surface area contributed by atoms with Gasteiger partial charge in [-0.15, -0.1) is 0 Å². The molecular formula is C26H29N3O4S. The highest BCUT2D eigenvalue weighted by Gasteiger charge is 2.20. The standard InChI is InChI=1S/C26H29N3O4S/c1-19-9-14-23(34(31,32)28-21-10-12-22(33-2)13-11-21)17-24(19)26(30)27-18-20-7-3-4-8-25(20)29-15-5-6-16-29/h3-4,7-14,17,28H,5-6,15-16,18H2,1-2H3,(H,27,30). The first-order chi connectivity index (χ1) is 16.4. The minimum atomic E-state index is -3.87. The van der Waals surface area contributed by atoms with Crippen LogP contribution in [0.3, 0.4) is 0 Å². The summed E-state index contributed by atoms with van der Waals surface area (Å²) in [5, 5.41) is 2.97. The number of para-hydroxylation sites is 1. The first-order valence-corrected chi connectivity index (χ1v) is 12.7. The van der Waals surface area contributed by atoms with Crippen molar-refractivity contribution < 1.29 is 17.9 Å². The Morgan fingerprint density at radius 1 is 1.00 bits per heavy atom. The molecule has 7 nitrogen and oxygen atoms in total. The van der Waals surface area contributed by atoms with E-state index in [1.807, 2.05) is 18.2 Å². The van der Waals surface area contributed by atoms with Crippen LogP contribution in [0.1, 0.15) is 34.3 Å². The second-order valence-electron chi connectivity index (χ2n) is 8.32. The predicted octanol–water partition coefficient (Wildman–Crippen LogP) is 4.33. The topological polar surface area (TPSA) is 87.7 Å². The van der Waals surface area contributed by atoms with E-state index >= 15 is 0 Å². The van der Waals surface area contributed by atoms with Gasteiger partial charge in [0, 0.05) is 36.6 Å². The predicted molar refractivity (Wildman–Crippen MR) is 134 cm³/mol. The lowest BCUT2D eigenvalue weighted by atomic mass is 10.1. The van der Waals surface area contributed by atoms with Gasteiger partial charge in [0.1, 0.15) is 5.75 Å². The number of sulfonamides is 1. The maximum absolute atomic E-state index is 13.0. The van der Waals surface area contributed by atoms with Gasteiger partial charge in [0.25, 0.3) is 15.9 Å². The lowest BCUT2D eigenvalue weighted by Gasteiger charge is -2.21. The van der Waals surface area contributed by atoms with E-state index in [1.54, 1.807) is 44.4 Å². The van der Waals surface area contributed by atoms with Crippen molar-refractivity contribution in [3.05, 3.63) is 83.4 Å². The summed E-state index contributed by atoms with van der Waals surface area (Å²) >= 11 is 0. The zero-order chi connectivity index (χ0) is 24.1. The summed E-state index contributed by atoms with van der Waals surface area (Å²) in [7, 11) is -2.32. The van der Waals surface area contributed by atoms with Gasteiger partial charge in [-0.25, -0.2) is 8.42 Å². The molecule has 0 spiro atoms. The third-order valence-corrected chi connectivity index (χ3v) is 7.36. The molecule has 0 aromatic heterocycles. The van der Waals surface area contributed by atoms with Gasteiger partial charge in [-0.1, -0.05) is 24.3 Å². The average Bonchev–Trinajstić information content (AvgIpc) is 3.38. The SMILES string of the molecule is COc1ccc(NS(=O)(=O)c2ccc(C)c(C(=O)NCc3ccccc3N3CCCC3)c2)cc1. The van der Waals surface area contributed by atoms with Gasteiger partial charge in [-0.05, 0) is 73.4 Å². The Kier molecular flexibility index (Phi) is 7.07. The summed E-state index contributed by atoms with van der Waals surface area (Å²) in [6.07, 6.45) is 2.34. The van der Waals surface area contributed by atoms with Gasteiger partial charge in [0.15, 0.2) is 0 Å². The van der Waals surface area contributed by atoms with Gasteiger partial charge >= 0.3 is 0 Å². The molecule has 0 bridgehead atoms. The number of methoxy groups -OCH3 is 1. The number of hydrogen-bond donors (Lipinski definition) is 2. The Hall–Kier alpha value is -3.52. The fraction of sp³-hybridized carbons (Fsp3) is 0.269. The minimum Gasteiger partial charge on any atom is -0.497 e. The fourth-order valence-corrected chi connectivity index (χ4v) is 5.17. The van der Waals surface area contributed by atoms with Crippen LogP contribution in [0.25, 0.3) is 0 Å². The maximum Gasteiger partial charge on any atom is 0.261 e. The molecular weight excluding hydrogens is 450 g/mol. The third kappa shape index (κ3) is 5.34. The van der Waals surface area contributed by atoms with Crippen molar-refractivity contribution >= 4 is 27.3 Å². The van der Waals surface area contributed by atoms with Gasteiger partial charge < -0.3 is 15.0 Å². The number of hydrogen-bond acceptors (Lipinski definition) is 5. The van der Waals surface area contributed by atoms with Crippen molar-refractivity contribution in [1.29, 1.82) is 0 Å². The summed E-state index contributed by atoms with van der Waals surface area (Å²) < 4.78 is 33.5. The smallest absolute Gasteiger partial charge is 0.261 e. The molecule has 0 aliphatic carbocycles. The first kappa shape index (κ1) is 23.6. The molecule has 0 radical (unpaired) electrons. The number of carbonyl (C=O) groups excluding carboxylic acids is 1. The van der Waals surface area contributed by atoms with E-state index < -0.39 is 10.0 Å². The van der Waals surface area contributed by atoms with Crippen molar-refractivity contribution in [2.45, 2.75) is 31.2 Å². The summed E-state index contributed by atoms with van der Waals surface area (Å²) in [6, 6.07) is 19.2. The van der Waals surface area contributed by atoms with Gasteiger partial charge in [-0.3, -0.25) is 9.52 Å². The van der Waals surface area contributed by atoms with Crippen molar-refractivity contribution in [1.82, 2.24) is 5.32 Å². The molecule has 34 heavy (non-hydrogen) atoms. The second kappa shape index (κ2) is 10.2. The number of rotatable bonds is 8. The molecule has 1 heterocycles. The summed E-state index contributed by atoms with van der Waals surface area (Å²) in [4.78, 5) is 15.4. The zero-order valence-electron chi connectivity index (χ0n) is 19.4. The van der Waals surface area contributed by atoms with Crippen molar-refractivity contribution in [3.8, 4) is 5.75 Å². The Morgan fingerprint density at radius 2 is 1.71 bits per heavy atom. The summed E-state index contributed by atoms with van der Waals surface area (Å²) in [6.45, 7) is 4.20. The largest absolute Gasteiger partial charge is 0.497 e. The Morgan fingerprint density at radius 3 is 2.41 bits per heavy atom. The molecule has 0 atom stereocenters. The molecule has 1 aliphatic rings. The number of aryl methyl sites for hydroxylation is 1. The van der Waals surface area contributed by atoms with Crippen molar-refractivity contribution in [2.75, 3.05) is 29.8 Å². The normalized spacial score (nSPS) is 13.5. The van der Waals surface area contributed by atoms with Crippen molar-refractivity contribution in [3.63, 3.8) is 0 Å². The molecule has 0 unspecified atom stereocenters. The molecule has 8 heteroatoms. The van der Waals surface area contributed by atoms with Gasteiger partial charge in [0.2, 0.25) is 0 Å². The van der Waals surface area contributed by atoms with Crippen LogP contribution in [0.15, 0.2) is 71.6 Å². The van der Waals surface area contributed by atoms with E-state index in [1.165, 1.54) is 25.0 Å². The van der Waals surface area contributed by atoms with E-state index in [2.05, 4.69) is 21.0 Å². The highest BCUT2D eigenvalue weighted by Crippen LogP contribution is 2.25. The number of amides is 1. The zero-order valence-corrected chi connectivity index (χ0v) is 20.2. The molecule has 3 aromatic carbocycles. The van der Waals surface area contributed by atoms with E-state index in [-0.39, 0.29) is 10.8 Å². The fourth-order valence-electron chi connectivity index (χ4n) is 4.08. The minimum absolute atomic E-state index is 0.0246. The number of nitrogens with one attached hydrogen (secondary N) is 2. The van der Waals surface area contributed by atoms with Crippen LogP contribution in [0.2, 0.25) is 0 Å². The molecule has 1 aliphatic heterocycles. The summed E-state index contributed by atoms with van der Waals surface area (Å²) in [5.41, 5.74) is 3.62. The Labute approximate surface area is 200 Å². The van der Waals surface area contributed by atoms with Crippen LogP contribution < -0.4 is 19.7 Å². The van der Waals surface area contributed by atoms with Crippen LogP contribution in [0.4, 0.5) is 11.4 Å². The molecule has 1 amide bonds. The van der Waals surface area contributed by atoms with Crippen LogP contribution in [0.5, 0.6) is 5.75 Å². The number of anilines is 2. The van der Waals surface area contributed by atoms with Crippen molar-refractivity contribution in [2.24, 2.45) is 0 Å². The maximum atomic E-state index is 13.0. The Bertz CT molecular complexity index is 1270. The van der Waals surface area contributed by atoms with Crippen LogP contribution in [0, 0.1) is 6.92 Å². The second-order valence-corrected chi connectivity index (χ2v) is 10.00. The lowest BCUT2D eigenvalue weighted by Crippen LogP contribution is -2.26. The average molecular weight is 480 g/mol. The van der Waals surface area contributed by atoms with Gasteiger partial charge in [0.05, 0.1) is 12.0 Å². The van der Waals surface area contributed by atoms with E-state index in [9.17, 15) is 13.2 Å². The van der Waals surface area contributed by atoms with E-state index in [0.29, 0.717) is 29.1 Å².